The molecule has 0 atom stereocenters. The Morgan fingerprint density at radius 1 is 1.03 bits per heavy atom. The van der Waals surface area contributed by atoms with Gasteiger partial charge in [0.2, 0.25) is 0 Å². The van der Waals surface area contributed by atoms with Crippen LogP contribution in [-0.4, -0.2) is 17.5 Å². The number of rotatable bonds is 3. The molecule has 0 radical (unpaired) electrons. The molecule has 3 aromatic carbocycles. The van der Waals surface area contributed by atoms with Crippen LogP contribution in [0, 0.1) is 22.0 Å². The number of nitro benzene ring substituents is 1. The first kappa shape index (κ1) is 20.4. The van der Waals surface area contributed by atoms with Gasteiger partial charge in [-0.2, -0.15) is 0 Å². The van der Waals surface area contributed by atoms with E-state index in [1.165, 1.54) is 21.9 Å². The summed E-state index contributed by atoms with van der Waals surface area (Å²) in [5, 5.41) is 11.0. The molecule has 0 bridgehead atoms. The maximum absolute atomic E-state index is 12.2. The van der Waals surface area contributed by atoms with Crippen LogP contribution in [0.3, 0.4) is 0 Å². The summed E-state index contributed by atoms with van der Waals surface area (Å²) in [6.45, 7) is -0.157. The van der Waals surface area contributed by atoms with Crippen LogP contribution in [0.2, 0.25) is 5.02 Å². The normalized spacial score (nSPS) is 11.5. The van der Waals surface area contributed by atoms with Gasteiger partial charge in [-0.25, -0.2) is 4.79 Å². The number of non-ortho nitro benzene ring substituents is 1. The molecule has 0 spiro atoms. The SMILES string of the molecule is O=C(OCC#Cc1cccc2c1Sc1ccccc1S2)c1cc([N+](=O)[O-])ccc1Cl. The Morgan fingerprint density at radius 3 is 2.53 bits per heavy atom. The lowest BCUT2D eigenvalue weighted by Gasteiger charge is -2.18. The van der Waals surface area contributed by atoms with Gasteiger partial charge in [0.05, 0.1) is 15.5 Å². The number of carbonyl (C=O) groups excluding carboxylic acids is 1. The number of esters is 1. The summed E-state index contributed by atoms with van der Waals surface area (Å²) in [7, 11) is 0. The molecule has 30 heavy (non-hydrogen) atoms. The van der Waals surface area contributed by atoms with Gasteiger partial charge in [0, 0.05) is 37.3 Å². The summed E-state index contributed by atoms with van der Waals surface area (Å²) in [6, 6.07) is 17.7. The maximum atomic E-state index is 12.2. The molecular formula is C22H12ClNO4S2. The zero-order valence-electron chi connectivity index (χ0n) is 15.3. The van der Waals surface area contributed by atoms with Crippen molar-refractivity contribution in [1.82, 2.24) is 0 Å². The van der Waals surface area contributed by atoms with E-state index in [0.29, 0.717) is 0 Å². The third kappa shape index (κ3) is 4.31. The van der Waals surface area contributed by atoms with E-state index < -0.39 is 10.9 Å². The fourth-order valence-electron chi connectivity index (χ4n) is 2.74. The van der Waals surface area contributed by atoms with E-state index in [1.807, 2.05) is 24.3 Å². The predicted molar refractivity (Wildman–Crippen MR) is 116 cm³/mol. The quantitative estimate of drug-likeness (QED) is 0.162. The predicted octanol–water partition coefficient (Wildman–Crippen LogP) is 6.07. The van der Waals surface area contributed by atoms with Gasteiger partial charge in [-0.05, 0) is 30.3 Å². The standard InChI is InChI=1S/C22H12ClNO4S2/c23-17-11-10-15(24(26)27)13-16(17)22(25)28-12-4-6-14-5-3-9-20-21(14)30-19-8-2-1-7-18(19)29-20/h1-3,5,7-11,13H,12H2. The lowest BCUT2D eigenvalue weighted by atomic mass is 10.2. The van der Waals surface area contributed by atoms with Gasteiger partial charge in [0.15, 0.2) is 6.61 Å². The van der Waals surface area contributed by atoms with Crippen LogP contribution in [0.15, 0.2) is 80.2 Å². The average Bonchev–Trinajstić information content (AvgIpc) is 2.75. The highest BCUT2D eigenvalue weighted by molar-refractivity contribution is 8.05. The number of fused-ring (bicyclic) bond motifs is 2. The molecule has 0 unspecified atom stereocenters. The highest BCUT2D eigenvalue weighted by Crippen LogP contribution is 2.49. The Balaban J connectivity index is 1.47. The summed E-state index contributed by atoms with van der Waals surface area (Å²) >= 11 is 9.32. The Bertz CT molecular complexity index is 1230. The topological polar surface area (TPSA) is 69.4 Å². The van der Waals surface area contributed by atoms with E-state index in [4.69, 9.17) is 16.3 Å². The molecule has 0 fully saturated rings. The Labute approximate surface area is 185 Å². The van der Waals surface area contributed by atoms with Crippen molar-refractivity contribution in [2.24, 2.45) is 0 Å². The van der Waals surface area contributed by atoms with Gasteiger partial charge in [-0.15, -0.1) is 0 Å². The monoisotopic (exact) mass is 453 g/mol. The number of hydrogen-bond acceptors (Lipinski definition) is 6. The number of nitro groups is 1. The minimum atomic E-state index is -0.757. The summed E-state index contributed by atoms with van der Waals surface area (Å²) in [6.07, 6.45) is 0. The first-order valence-electron chi connectivity index (χ1n) is 8.70. The first-order chi connectivity index (χ1) is 14.5. The molecule has 0 aliphatic carbocycles. The van der Waals surface area contributed by atoms with Crippen molar-refractivity contribution in [3.8, 4) is 11.8 Å². The number of halogens is 1. The van der Waals surface area contributed by atoms with Gasteiger partial charge in [-0.1, -0.05) is 65.2 Å². The average molecular weight is 454 g/mol. The second kappa shape index (κ2) is 8.84. The van der Waals surface area contributed by atoms with Gasteiger partial charge in [0.1, 0.15) is 0 Å². The largest absolute Gasteiger partial charge is 0.449 e. The molecule has 5 nitrogen and oxygen atoms in total. The van der Waals surface area contributed by atoms with Crippen molar-refractivity contribution < 1.29 is 14.5 Å². The van der Waals surface area contributed by atoms with Crippen LogP contribution in [0.5, 0.6) is 0 Å². The fourth-order valence-corrected chi connectivity index (χ4v) is 5.27. The number of nitrogens with zero attached hydrogens (tertiary/aromatic N) is 1. The second-order valence-electron chi connectivity index (χ2n) is 6.08. The van der Waals surface area contributed by atoms with Crippen molar-refractivity contribution in [3.63, 3.8) is 0 Å². The molecule has 8 heteroatoms. The van der Waals surface area contributed by atoms with Gasteiger partial charge in [0.25, 0.3) is 5.69 Å². The van der Waals surface area contributed by atoms with Crippen LogP contribution in [-0.2, 0) is 4.74 Å². The van der Waals surface area contributed by atoms with Gasteiger partial charge >= 0.3 is 5.97 Å². The smallest absolute Gasteiger partial charge is 0.340 e. The lowest BCUT2D eigenvalue weighted by molar-refractivity contribution is -0.384. The molecule has 148 valence electrons. The minimum Gasteiger partial charge on any atom is -0.449 e. The van der Waals surface area contributed by atoms with Crippen LogP contribution in [0.4, 0.5) is 5.69 Å². The maximum Gasteiger partial charge on any atom is 0.340 e. The Hall–Kier alpha value is -2.92. The lowest BCUT2D eigenvalue weighted by Crippen LogP contribution is -2.07. The van der Waals surface area contributed by atoms with Crippen LogP contribution in [0.1, 0.15) is 15.9 Å². The zero-order chi connectivity index (χ0) is 21.1. The third-order valence-electron chi connectivity index (χ3n) is 4.14. The second-order valence-corrected chi connectivity index (χ2v) is 8.63. The first-order valence-corrected chi connectivity index (χ1v) is 10.7. The molecule has 1 heterocycles. The fraction of sp³-hybridized carbons (Fsp3) is 0.0455. The summed E-state index contributed by atoms with van der Waals surface area (Å²) in [4.78, 5) is 27.1. The Morgan fingerprint density at radius 2 is 1.77 bits per heavy atom. The molecule has 1 aliphatic rings. The van der Waals surface area contributed by atoms with E-state index in [-0.39, 0.29) is 22.9 Å². The van der Waals surface area contributed by atoms with Crippen LogP contribution in [0.25, 0.3) is 0 Å². The van der Waals surface area contributed by atoms with Crippen molar-refractivity contribution in [2.75, 3.05) is 6.61 Å². The molecule has 0 aromatic heterocycles. The van der Waals surface area contributed by atoms with Crippen molar-refractivity contribution in [3.05, 3.63) is 86.9 Å². The number of carbonyl (C=O) groups is 1. The molecule has 0 saturated carbocycles. The van der Waals surface area contributed by atoms with E-state index >= 15 is 0 Å². The van der Waals surface area contributed by atoms with Crippen LogP contribution >= 0.6 is 35.1 Å². The van der Waals surface area contributed by atoms with E-state index in [9.17, 15) is 14.9 Å². The number of hydrogen-bond donors (Lipinski definition) is 0. The third-order valence-corrected chi connectivity index (χ3v) is 7.08. The molecule has 4 rings (SSSR count). The molecule has 0 saturated heterocycles. The highest BCUT2D eigenvalue weighted by Gasteiger charge is 2.19. The van der Waals surface area contributed by atoms with Crippen molar-refractivity contribution in [1.29, 1.82) is 0 Å². The molecular weight excluding hydrogens is 442 g/mol. The van der Waals surface area contributed by atoms with E-state index in [0.717, 1.165) is 21.4 Å². The summed E-state index contributed by atoms with van der Waals surface area (Å²) in [5.41, 5.74) is 0.556. The van der Waals surface area contributed by atoms with Crippen molar-refractivity contribution in [2.45, 2.75) is 19.6 Å². The number of ether oxygens (including phenoxy) is 1. The van der Waals surface area contributed by atoms with E-state index in [1.54, 1.807) is 23.5 Å². The summed E-state index contributed by atoms with van der Waals surface area (Å²) in [5.74, 6) is 5.14. The van der Waals surface area contributed by atoms with E-state index in [2.05, 4.69) is 30.0 Å². The van der Waals surface area contributed by atoms with Gasteiger partial charge in [-0.3, -0.25) is 10.1 Å². The molecule has 0 N–H and O–H groups in total. The summed E-state index contributed by atoms with van der Waals surface area (Å²) < 4.78 is 5.13. The van der Waals surface area contributed by atoms with Gasteiger partial charge < -0.3 is 4.74 Å². The minimum absolute atomic E-state index is 0.0617. The molecule has 1 aliphatic heterocycles. The molecule has 0 amide bonds. The van der Waals surface area contributed by atoms with Crippen molar-refractivity contribution >= 4 is 46.8 Å². The molecule has 3 aromatic rings. The number of benzene rings is 3. The Kier molecular flexibility index (Phi) is 6.00. The van der Waals surface area contributed by atoms with Crippen LogP contribution < -0.4 is 0 Å². The zero-order valence-corrected chi connectivity index (χ0v) is 17.6. The highest BCUT2D eigenvalue weighted by atomic mass is 35.5.